The maximum atomic E-state index is 11.5. The molecule has 94 valence electrons. The fourth-order valence-electron chi connectivity index (χ4n) is 2.30. The summed E-state index contributed by atoms with van der Waals surface area (Å²) in [5.41, 5.74) is 5.63. The number of carbonyl (C=O) groups is 1. The van der Waals surface area contributed by atoms with Crippen LogP contribution in [0.15, 0.2) is 0 Å². The second kappa shape index (κ2) is 6.89. The molecule has 3 heteroatoms. The molecule has 2 N–H and O–H groups in total. The van der Waals surface area contributed by atoms with Gasteiger partial charge in [0.1, 0.15) is 6.10 Å². The summed E-state index contributed by atoms with van der Waals surface area (Å²) >= 11 is 0. The average molecular weight is 227 g/mol. The standard InChI is InChI=1S/C13H25NO2/c1-10-5-3-7-12(9-10)16-13(15)8-4-6-11(2)14/h10-12H,3-9,14H2,1-2H3. The van der Waals surface area contributed by atoms with Crippen molar-refractivity contribution in [2.24, 2.45) is 11.7 Å². The van der Waals surface area contributed by atoms with Gasteiger partial charge in [0.25, 0.3) is 0 Å². The summed E-state index contributed by atoms with van der Waals surface area (Å²) < 4.78 is 5.46. The fourth-order valence-corrected chi connectivity index (χ4v) is 2.30. The molecule has 16 heavy (non-hydrogen) atoms. The zero-order valence-electron chi connectivity index (χ0n) is 10.6. The fraction of sp³-hybridized carbons (Fsp3) is 0.923. The third-order valence-corrected chi connectivity index (χ3v) is 3.23. The van der Waals surface area contributed by atoms with Gasteiger partial charge in [-0.3, -0.25) is 4.79 Å². The Bertz CT molecular complexity index is 216. The highest BCUT2D eigenvalue weighted by molar-refractivity contribution is 5.69. The molecule has 0 saturated heterocycles. The molecule has 1 rings (SSSR count). The van der Waals surface area contributed by atoms with E-state index in [0.29, 0.717) is 12.3 Å². The van der Waals surface area contributed by atoms with Gasteiger partial charge in [-0.2, -0.15) is 0 Å². The third-order valence-electron chi connectivity index (χ3n) is 3.23. The van der Waals surface area contributed by atoms with Gasteiger partial charge in [0.2, 0.25) is 0 Å². The molecular formula is C13H25NO2. The SMILES string of the molecule is CC(N)CCCC(=O)OC1CCCC(C)C1. The van der Waals surface area contributed by atoms with Gasteiger partial charge in [-0.1, -0.05) is 13.3 Å². The van der Waals surface area contributed by atoms with Crippen LogP contribution in [0.2, 0.25) is 0 Å². The van der Waals surface area contributed by atoms with Crippen molar-refractivity contribution in [3.8, 4) is 0 Å². The van der Waals surface area contributed by atoms with Gasteiger partial charge in [-0.05, 0) is 44.9 Å². The van der Waals surface area contributed by atoms with Crippen molar-refractivity contribution in [2.75, 3.05) is 0 Å². The van der Waals surface area contributed by atoms with Crippen molar-refractivity contribution in [1.29, 1.82) is 0 Å². The van der Waals surface area contributed by atoms with Gasteiger partial charge < -0.3 is 10.5 Å². The van der Waals surface area contributed by atoms with E-state index in [9.17, 15) is 4.79 Å². The Balaban J connectivity index is 2.13. The van der Waals surface area contributed by atoms with Crippen LogP contribution in [0, 0.1) is 5.92 Å². The van der Waals surface area contributed by atoms with E-state index in [1.807, 2.05) is 6.92 Å². The van der Waals surface area contributed by atoms with Crippen LogP contribution >= 0.6 is 0 Å². The second-order valence-corrected chi connectivity index (χ2v) is 5.25. The number of hydrogen-bond acceptors (Lipinski definition) is 3. The van der Waals surface area contributed by atoms with Crippen LogP contribution in [-0.2, 0) is 9.53 Å². The lowest BCUT2D eigenvalue weighted by Gasteiger charge is -2.26. The Hall–Kier alpha value is -0.570. The Morgan fingerprint density at radius 1 is 1.50 bits per heavy atom. The van der Waals surface area contributed by atoms with Gasteiger partial charge in [-0.25, -0.2) is 0 Å². The monoisotopic (exact) mass is 227 g/mol. The molecule has 3 atom stereocenters. The minimum Gasteiger partial charge on any atom is -0.462 e. The summed E-state index contributed by atoms with van der Waals surface area (Å²) in [6.45, 7) is 4.20. The predicted octanol–water partition coefficient (Wildman–Crippen LogP) is 2.63. The average Bonchev–Trinajstić information content (AvgIpc) is 2.16. The number of nitrogens with two attached hydrogens (primary N) is 1. The third kappa shape index (κ3) is 5.50. The zero-order valence-corrected chi connectivity index (χ0v) is 10.6. The zero-order chi connectivity index (χ0) is 12.0. The molecule has 0 radical (unpaired) electrons. The highest BCUT2D eigenvalue weighted by atomic mass is 16.5. The summed E-state index contributed by atoms with van der Waals surface area (Å²) in [7, 11) is 0. The van der Waals surface area contributed by atoms with E-state index in [1.165, 1.54) is 12.8 Å². The molecule has 1 saturated carbocycles. The largest absolute Gasteiger partial charge is 0.462 e. The lowest BCUT2D eigenvalue weighted by Crippen LogP contribution is -2.24. The normalized spacial score (nSPS) is 27.4. The minimum absolute atomic E-state index is 0.0419. The van der Waals surface area contributed by atoms with Crippen molar-refractivity contribution >= 4 is 5.97 Å². The summed E-state index contributed by atoms with van der Waals surface area (Å²) in [6, 6.07) is 0.183. The van der Waals surface area contributed by atoms with Crippen LogP contribution in [0.4, 0.5) is 0 Å². The molecule has 0 aromatic carbocycles. The van der Waals surface area contributed by atoms with E-state index in [0.717, 1.165) is 25.7 Å². The van der Waals surface area contributed by atoms with Gasteiger partial charge in [0.15, 0.2) is 0 Å². The summed E-state index contributed by atoms with van der Waals surface area (Å²) in [5, 5.41) is 0. The first-order valence-electron chi connectivity index (χ1n) is 6.53. The Morgan fingerprint density at radius 2 is 2.25 bits per heavy atom. The van der Waals surface area contributed by atoms with Gasteiger partial charge in [0, 0.05) is 12.5 Å². The molecule has 1 aliphatic carbocycles. The van der Waals surface area contributed by atoms with E-state index in [1.54, 1.807) is 0 Å². The van der Waals surface area contributed by atoms with E-state index >= 15 is 0 Å². The Labute approximate surface area is 98.7 Å². The second-order valence-electron chi connectivity index (χ2n) is 5.25. The summed E-state index contributed by atoms with van der Waals surface area (Å²) in [4.78, 5) is 11.5. The van der Waals surface area contributed by atoms with Gasteiger partial charge in [-0.15, -0.1) is 0 Å². The van der Waals surface area contributed by atoms with Crippen LogP contribution in [0.3, 0.4) is 0 Å². The lowest BCUT2D eigenvalue weighted by molar-refractivity contribution is -0.151. The molecule has 0 aromatic heterocycles. The van der Waals surface area contributed by atoms with Gasteiger partial charge >= 0.3 is 5.97 Å². The maximum absolute atomic E-state index is 11.5. The molecular weight excluding hydrogens is 202 g/mol. The molecule has 0 aliphatic heterocycles. The van der Waals surface area contributed by atoms with Crippen LogP contribution in [0.1, 0.15) is 58.8 Å². The predicted molar refractivity (Wildman–Crippen MR) is 65.0 cm³/mol. The molecule has 1 aliphatic rings. The Morgan fingerprint density at radius 3 is 2.88 bits per heavy atom. The van der Waals surface area contributed by atoms with Crippen molar-refractivity contribution in [1.82, 2.24) is 0 Å². The number of ether oxygens (including phenoxy) is 1. The summed E-state index contributed by atoms with van der Waals surface area (Å²) in [6.07, 6.45) is 6.99. The van der Waals surface area contributed by atoms with Crippen molar-refractivity contribution < 1.29 is 9.53 Å². The number of carbonyl (C=O) groups excluding carboxylic acids is 1. The van der Waals surface area contributed by atoms with Crippen molar-refractivity contribution in [3.05, 3.63) is 0 Å². The molecule has 1 fully saturated rings. The first-order chi connectivity index (χ1) is 7.58. The molecule has 0 amide bonds. The molecule has 3 nitrogen and oxygen atoms in total. The lowest BCUT2D eigenvalue weighted by atomic mass is 9.89. The smallest absolute Gasteiger partial charge is 0.306 e. The highest BCUT2D eigenvalue weighted by Gasteiger charge is 2.21. The van der Waals surface area contributed by atoms with Gasteiger partial charge in [0.05, 0.1) is 0 Å². The molecule has 0 heterocycles. The van der Waals surface area contributed by atoms with Crippen molar-refractivity contribution in [2.45, 2.75) is 70.9 Å². The van der Waals surface area contributed by atoms with Crippen LogP contribution in [0.25, 0.3) is 0 Å². The summed E-state index contributed by atoms with van der Waals surface area (Å²) in [5.74, 6) is 0.662. The maximum Gasteiger partial charge on any atom is 0.306 e. The minimum atomic E-state index is -0.0419. The molecule has 3 unspecified atom stereocenters. The number of rotatable bonds is 5. The molecule has 0 aromatic rings. The van der Waals surface area contributed by atoms with E-state index < -0.39 is 0 Å². The highest BCUT2D eigenvalue weighted by Crippen LogP contribution is 2.26. The van der Waals surface area contributed by atoms with Crippen molar-refractivity contribution in [3.63, 3.8) is 0 Å². The number of hydrogen-bond donors (Lipinski definition) is 1. The van der Waals surface area contributed by atoms with E-state index in [2.05, 4.69) is 6.92 Å². The Kier molecular flexibility index (Phi) is 5.81. The van der Waals surface area contributed by atoms with Crippen LogP contribution in [0.5, 0.6) is 0 Å². The van der Waals surface area contributed by atoms with E-state index in [4.69, 9.17) is 10.5 Å². The molecule has 0 spiro atoms. The first kappa shape index (κ1) is 13.5. The molecule has 0 bridgehead atoms. The topological polar surface area (TPSA) is 52.3 Å². The quantitative estimate of drug-likeness (QED) is 0.735. The van der Waals surface area contributed by atoms with E-state index in [-0.39, 0.29) is 18.1 Å². The number of esters is 1. The van der Waals surface area contributed by atoms with Crippen LogP contribution < -0.4 is 5.73 Å². The van der Waals surface area contributed by atoms with Crippen LogP contribution in [-0.4, -0.2) is 18.1 Å². The first-order valence-corrected chi connectivity index (χ1v) is 6.53.